The Hall–Kier alpha value is -3.69. The monoisotopic (exact) mass is 403 g/mol. The van der Waals surface area contributed by atoms with Crippen LogP contribution in [0.5, 0.6) is 5.88 Å². The van der Waals surface area contributed by atoms with Gasteiger partial charge in [-0.25, -0.2) is 14.6 Å². The Morgan fingerprint density at radius 2 is 1.97 bits per heavy atom. The van der Waals surface area contributed by atoms with Crippen molar-refractivity contribution in [3.05, 3.63) is 59.5 Å². The van der Waals surface area contributed by atoms with Gasteiger partial charge in [-0.1, -0.05) is 0 Å². The lowest BCUT2D eigenvalue weighted by atomic mass is 10.1. The number of carbonyl (C=O) groups is 1. The number of hydrogen-bond acceptors (Lipinski definition) is 5. The van der Waals surface area contributed by atoms with Crippen LogP contribution in [0.1, 0.15) is 16.7 Å². The average Bonchev–Trinajstić information content (AvgIpc) is 3.14. The maximum Gasteiger partial charge on any atom is 0.416 e. The van der Waals surface area contributed by atoms with Gasteiger partial charge in [0.05, 0.1) is 18.2 Å². The van der Waals surface area contributed by atoms with E-state index in [0.717, 1.165) is 12.1 Å². The standard InChI is InChI=1S/C19H16F3N5O2/c1-11-5-13(7-14(6-11)19(20,21)22)18-25-10-27(26-18)9-15(17(23)28)12-3-4-16(29-2)24-8-12/h3-10H,1-2H3,(H2,23,28). The summed E-state index contributed by atoms with van der Waals surface area (Å²) in [6, 6.07) is 6.71. The van der Waals surface area contributed by atoms with Crippen LogP contribution < -0.4 is 10.5 Å². The van der Waals surface area contributed by atoms with Crippen LogP contribution in [0, 0.1) is 6.92 Å². The second kappa shape index (κ2) is 7.74. The van der Waals surface area contributed by atoms with E-state index in [2.05, 4.69) is 15.1 Å². The third kappa shape index (κ3) is 4.60. The summed E-state index contributed by atoms with van der Waals surface area (Å²) in [4.78, 5) is 19.9. The second-order valence-corrected chi connectivity index (χ2v) is 6.13. The van der Waals surface area contributed by atoms with Crippen LogP contribution in [-0.2, 0) is 11.0 Å². The van der Waals surface area contributed by atoms with Gasteiger partial charge in [-0.15, -0.1) is 5.10 Å². The average molecular weight is 403 g/mol. The lowest BCUT2D eigenvalue weighted by Crippen LogP contribution is -2.14. The number of amides is 1. The molecule has 2 aromatic heterocycles. The van der Waals surface area contributed by atoms with Gasteiger partial charge in [0, 0.05) is 29.6 Å². The molecule has 3 rings (SSSR count). The molecular weight excluding hydrogens is 387 g/mol. The van der Waals surface area contributed by atoms with Gasteiger partial charge in [0.2, 0.25) is 5.88 Å². The summed E-state index contributed by atoms with van der Waals surface area (Å²) < 4.78 is 45.3. The van der Waals surface area contributed by atoms with Gasteiger partial charge in [-0.3, -0.25) is 4.79 Å². The number of nitrogens with two attached hydrogens (primary N) is 1. The van der Waals surface area contributed by atoms with Gasteiger partial charge in [-0.05, 0) is 36.8 Å². The number of alkyl halides is 3. The van der Waals surface area contributed by atoms with Crippen molar-refractivity contribution in [2.75, 3.05) is 7.11 Å². The fourth-order valence-corrected chi connectivity index (χ4v) is 2.62. The minimum absolute atomic E-state index is 0.0760. The number of pyridine rings is 1. The lowest BCUT2D eigenvalue weighted by Gasteiger charge is -2.09. The van der Waals surface area contributed by atoms with Crippen LogP contribution in [0.25, 0.3) is 23.2 Å². The number of aromatic nitrogens is 4. The number of benzene rings is 1. The predicted octanol–water partition coefficient (Wildman–Crippen LogP) is 3.16. The molecule has 0 aliphatic carbocycles. The minimum atomic E-state index is -4.48. The number of halogens is 3. The van der Waals surface area contributed by atoms with E-state index in [0.29, 0.717) is 17.0 Å². The van der Waals surface area contributed by atoms with E-state index < -0.39 is 17.6 Å². The molecule has 1 amide bonds. The molecule has 10 heteroatoms. The summed E-state index contributed by atoms with van der Waals surface area (Å²) >= 11 is 0. The van der Waals surface area contributed by atoms with Gasteiger partial charge >= 0.3 is 6.18 Å². The molecule has 0 saturated carbocycles. The number of carbonyl (C=O) groups excluding carboxylic acids is 1. The Balaban J connectivity index is 1.98. The molecule has 0 atom stereocenters. The van der Waals surface area contributed by atoms with Gasteiger partial charge in [0.15, 0.2) is 5.82 Å². The number of methoxy groups -OCH3 is 1. The van der Waals surface area contributed by atoms with Crippen molar-refractivity contribution in [3.63, 3.8) is 0 Å². The molecule has 0 fully saturated rings. The lowest BCUT2D eigenvalue weighted by molar-refractivity contribution is -0.137. The van der Waals surface area contributed by atoms with Crippen molar-refractivity contribution in [3.8, 4) is 17.3 Å². The van der Waals surface area contributed by atoms with Crippen LogP contribution in [0.3, 0.4) is 0 Å². The Labute approximate surface area is 163 Å². The summed E-state index contributed by atoms with van der Waals surface area (Å²) in [5.74, 6) is -0.295. The highest BCUT2D eigenvalue weighted by molar-refractivity contribution is 6.22. The van der Waals surface area contributed by atoms with Crippen LogP contribution in [-0.4, -0.2) is 32.8 Å². The molecule has 0 aliphatic rings. The number of ether oxygens (including phenoxy) is 1. The zero-order chi connectivity index (χ0) is 21.2. The number of rotatable bonds is 5. The fourth-order valence-electron chi connectivity index (χ4n) is 2.62. The minimum Gasteiger partial charge on any atom is -0.481 e. The van der Waals surface area contributed by atoms with Gasteiger partial charge in [-0.2, -0.15) is 13.2 Å². The summed E-state index contributed by atoms with van der Waals surface area (Å²) in [5, 5.41) is 4.14. The summed E-state index contributed by atoms with van der Waals surface area (Å²) in [7, 11) is 1.46. The zero-order valence-corrected chi connectivity index (χ0v) is 15.4. The van der Waals surface area contributed by atoms with Gasteiger partial charge in [0.25, 0.3) is 5.91 Å². The third-order valence-corrected chi connectivity index (χ3v) is 3.95. The smallest absolute Gasteiger partial charge is 0.416 e. The number of hydrogen-bond donors (Lipinski definition) is 1. The van der Waals surface area contributed by atoms with E-state index in [1.165, 1.54) is 30.5 Å². The van der Waals surface area contributed by atoms with Crippen molar-refractivity contribution >= 4 is 17.7 Å². The van der Waals surface area contributed by atoms with Crippen molar-refractivity contribution in [1.29, 1.82) is 0 Å². The molecule has 0 aliphatic heterocycles. The van der Waals surface area contributed by atoms with Crippen molar-refractivity contribution in [2.45, 2.75) is 13.1 Å². The number of aryl methyl sites for hydroxylation is 1. The van der Waals surface area contributed by atoms with E-state index >= 15 is 0 Å². The first-order valence-electron chi connectivity index (χ1n) is 8.30. The molecule has 3 aromatic rings. The number of nitrogens with zero attached hydrogens (tertiary/aromatic N) is 4. The predicted molar refractivity (Wildman–Crippen MR) is 99.3 cm³/mol. The third-order valence-electron chi connectivity index (χ3n) is 3.95. The zero-order valence-electron chi connectivity index (χ0n) is 15.4. The van der Waals surface area contributed by atoms with Crippen molar-refractivity contribution in [2.24, 2.45) is 5.73 Å². The summed E-state index contributed by atoms with van der Waals surface area (Å²) in [5.41, 5.74) is 5.79. The molecule has 29 heavy (non-hydrogen) atoms. The fraction of sp³-hybridized carbons (Fsp3) is 0.158. The van der Waals surface area contributed by atoms with E-state index in [1.54, 1.807) is 25.1 Å². The SMILES string of the molecule is COc1ccc(C(=Cn2cnc(-c3cc(C)cc(C(F)(F)F)c3)n2)C(N)=O)cn1. The first-order valence-corrected chi connectivity index (χ1v) is 8.30. The van der Waals surface area contributed by atoms with Crippen molar-refractivity contribution < 1.29 is 22.7 Å². The largest absolute Gasteiger partial charge is 0.481 e. The Bertz CT molecular complexity index is 1070. The Morgan fingerprint density at radius 3 is 2.55 bits per heavy atom. The maximum absolute atomic E-state index is 13.0. The molecule has 0 bridgehead atoms. The highest BCUT2D eigenvalue weighted by Crippen LogP contribution is 2.32. The highest BCUT2D eigenvalue weighted by Gasteiger charge is 2.31. The van der Waals surface area contributed by atoms with E-state index in [9.17, 15) is 18.0 Å². The van der Waals surface area contributed by atoms with Crippen molar-refractivity contribution in [1.82, 2.24) is 19.7 Å². The topological polar surface area (TPSA) is 95.9 Å². The van der Waals surface area contributed by atoms with Crippen LogP contribution in [0.2, 0.25) is 0 Å². The normalized spacial score (nSPS) is 12.1. The molecule has 0 saturated heterocycles. The van der Waals surface area contributed by atoms with E-state index in [4.69, 9.17) is 10.5 Å². The maximum atomic E-state index is 13.0. The molecule has 7 nitrogen and oxygen atoms in total. The molecule has 0 radical (unpaired) electrons. The Morgan fingerprint density at radius 1 is 1.21 bits per heavy atom. The highest BCUT2D eigenvalue weighted by atomic mass is 19.4. The molecule has 0 spiro atoms. The van der Waals surface area contributed by atoms with E-state index in [-0.39, 0.29) is 17.0 Å². The quantitative estimate of drug-likeness (QED) is 0.660. The van der Waals surface area contributed by atoms with Gasteiger partial charge in [0.1, 0.15) is 6.33 Å². The number of primary amides is 1. The first kappa shape index (κ1) is 20.1. The van der Waals surface area contributed by atoms with E-state index in [1.807, 2.05) is 0 Å². The van der Waals surface area contributed by atoms with Gasteiger partial charge < -0.3 is 10.5 Å². The first-order chi connectivity index (χ1) is 13.7. The molecule has 1 aromatic carbocycles. The summed E-state index contributed by atoms with van der Waals surface area (Å²) in [6.07, 6.45) is -0.485. The molecule has 150 valence electrons. The molecular formula is C19H16F3N5O2. The summed E-state index contributed by atoms with van der Waals surface area (Å²) in [6.45, 7) is 1.55. The molecule has 2 N–H and O–H groups in total. The second-order valence-electron chi connectivity index (χ2n) is 6.13. The molecule has 2 heterocycles. The Kier molecular flexibility index (Phi) is 5.35. The van der Waals surface area contributed by atoms with Crippen LogP contribution >= 0.6 is 0 Å². The molecule has 0 unspecified atom stereocenters. The van der Waals surface area contributed by atoms with Crippen LogP contribution in [0.4, 0.5) is 13.2 Å². The van der Waals surface area contributed by atoms with Crippen LogP contribution in [0.15, 0.2) is 42.9 Å².